The molecule has 0 spiro atoms. The molecule has 0 aromatic heterocycles. The van der Waals surface area contributed by atoms with Crippen molar-refractivity contribution in [1.29, 1.82) is 0 Å². The first-order chi connectivity index (χ1) is 13.0. The second-order valence-corrected chi connectivity index (χ2v) is 6.85. The summed E-state index contributed by atoms with van der Waals surface area (Å²) in [6.07, 6.45) is 0.396. The summed E-state index contributed by atoms with van der Waals surface area (Å²) < 4.78 is 44.3. The number of ether oxygens (including phenoxy) is 1. The number of benzene rings is 1. The molecular weight excluding hydrogens is 379 g/mol. The minimum atomic E-state index is -1.68. The molecule has 7 nitrogen and oxygen atoms in total. The van der Waals surface area contributed by atoms with Crippen molar-refractivity contribution in [3.8, 4) is 0 Å². The molecule has 0 saturated carbocycles. The Balaban J connectivity index is 2.59. The van der Waals surface area contributed by atoms with E-state index in [0.717, 1.165) is 6.07 Å². The van der Waals surface area contributed by atoms with Crippen molar-refractivity contribution in [2.45, 2.75) is 26.3 Å². The summed E-state index contributed by atoms with van der Waals surface area (Å²) in [5, 5.41) is 4.69. The van der Waals surface area contributed by atoms with Crippen molar-refractivity contribution in [3.05, 3.63) is 29.6 Å². The number of anilines is 1. The van der Waals surface area contributed by atoms with Crippen LogP contribution in [0.3, 0.4) is 0 Å². The van der Waals surface area contributed by atoms with Crippen molar-refractivity contribution in [1.82, 2.24) is 5.32 Å². The highest BCUT2D eigenvalue weighted by atomic mass is 19.2. The fourth-order valence-electron chi connectivity index (χ4n) is 2.50. The third-order valence-corrected chi connectivity index (χ3v) is 3.76. The molecule has 0 bridgehead atoms. The Labute approximate surface area is 161 Å². The quantitative estimate of drug-likeness (QED) is 0.407. The summed E-state index contributed by atoms with van der Waals surface area (Å²) in [7, 11) is 2.76. The van der Waals surface area contributed by atoms with Crippen LogP contribution in [-0.2, 0) is 19.1 Å². The van der Waals surface area contributed by atoms with Gasteiger partial charge in [-0.25, -0.2) is 18.0 Å². The highest BCUT2D eigenvalue weighted by Gasteiger charge is 2.24. The van der Waals surface area contributed by atoms with Gasteiger partial charge in [-0.15, -0.1) is 0 Å². The van der Waals surface area contributed by atoms with E-state index < -0.39 is 47.0 Å². The van der Waals surface area contributed by atoms with E-state index in [4.69, 9.17) is 0 Å². The van der Waals surface area contributed by atoms with E-state index >= 15 is 0 Å². The Morgan fingerprint density at radius 2 is 1.68 bits per heavy atom. The lowest BCUT2D eigenvalue weighted by molar-refractivity contribution is -0.862. The van der Waals surface area contributed by atoms with Crippen LogP contribution in [-0.4, -0.2) is 51.1 Å². The van der Waals surface area contributed by atoms with Crippen molar-refractivity contribution in [3.63, 3.8) is 0 Å². The van der Waals surface area contributed by atoms with Gasteiger partial charge in [-0.1, -0.05) is 13.8 Å². The minimum Gasteiger partial charge on any atom is -0.467 e. The molecule has 1 unspecified atom stereocenters. The Kier molecular flexibility index (Phi) is 8.90. The van der Waals surface area contributed by atoms with Crippen molar-refractivity contribution < 1.29 is 37.2 Å². The van der Waals surface area contributed by atoms with Gasteiger partial charge >= 0.3 is 5.97 Å². The average Bonchev–Trinajstić information content (AvgIpc) is 2.60. The van der Waals surface area contributed by atoms with Gasteiger partial charge in [-0.3, -0.25) is 9.59 Å². The van der Waals surface area contributed by atoms with E-state index in [1.165, 1.54) is 14.2 Å². The summed E-state index contributed by atoms with van der Waals surface area (Å²) in [4.78, 5) is 36.2. The topological polar surface area (TPSA) is 88.9 Å². The highest BCUT2D eigenvalue weighted by Crippen LogP contribution is 2.19. The Morgan fingerprint density at radius 1 is 1.07 bits per heavy atom. The second-order valence-electron chi connectivity index (χ2n) is 6.85. The maximum Gasteiger partial charge on any atom is 0.328 e. The first kappa shape index (κ1) is 23.4. The maximum atomic E-state index is 13.6. The SMILES string of the molecule is COC(=O)[C@@H](CC(C)C)NC(=O)C[NH+](C)CC(=O)Nc1ccc(F)c(F)c1F. The summed E-state index contributed by atoms with van der Waals surface area (Å²) in [6, 6.07) is 0.802. The number of esters is 1. The monoisotopic (exact) mass is 404 g/mol. The number of amides is 2. The van der Waals surface area contributed by atoms with Crippen LogP contribution in [0.15, 0.2) is 12.1 Å². The van der Waals surface area contributed by atoms with E-state index in [-0.39, 0.29) is 19.0 Å². The standard InChI is InChI=1S/C18H24F3N3O4/c1-10(2)7-13(18(27)28-4)23-15(26)9-24(3)8-14(25)22-12-6-5-11(19)16(20)17(12)21/h5-6,10,13H,7-9H2,1-4H3,(H,22,25)(H,23,26)/p+1/t13-/m1/s1. The number of hydrogen-bond acceptors (Lipinski definition) is 4. The molecule has 10 heteroatoms. The van der Waals surface area contributed by atoms with Gasteiger partial charge in [0.2, 0.25) is 0 Å². The Bertz CT molecular complexity index is 728. The number of carbonyl (C=O) groups is 3. The van der Waals surface area contributed by atoms with Crippen LogP contribution in [0.5, 0.6) is 0 Å². The van der Waals surface area contributed by atoms with E-state index in [9.17, 15) is 27.6 Å². The zero-order valence-corrected chi connectivity index (χ0v) is 16.2. The summed E-state index contributed by atoms with van der Waals surface area (Å²) in [5.74, 6) is -6.13. The second kappa shape index (κ2) is 10.6. The number of nitrogens with one attached hydrogen (secondary N) is 3. The molecule has 28 heavy (non-hydrogen) atoms. The zero-order valence-electron chi connectivity index (χ0n) is 16.2. The molecule has 0 aliphatic heterocycles. The molecule has 1 aromatic rings. The third-order valence-electron chi connectivity index (χ3n) is 3.76. The predicted molar refractivity (Wildman–Crippen MR) is 95.0 cm³/mol. The van der Waals surface area contributed by atoms with Crippen molar-refractivity contribution >= 4 is 23.5 Å². The summed E-state index contributed by atoms with van der Waals surface area (Å²) >= 11 is 0. The van der Waals surface area contributed by atoms with Crippen LogP contribution >= 0.6 is 0 Å². The third kappa shape index (κ3) is 7.18. The van der Waals surface area contributed by atoms with Crippen molar-refractivity contribution in [2.75, 3.05) is 32.6 Å². The molecule has 0 radical (unpaired) electrons. The molecule has 1 aromatic carbocycles. The van der Waals surface area contributed by atoms with Crippen LogP contribution in [0.25, 0.3) is 0 Å². The fraction of sp³-hybridized carbons (Fsp3) is 0.500. The molecule has 0 heterocycles. The average molecular weight is 404 g/mol. The number of methoxy groups -OCH3 is 1. The first-order valence-electron chi connectivity index (χ1n) is 8.67. The van der Waals surface area contributed by atoms with Gasteiger partial charge in [0.05, 0.1) is 19.8 Å². The van der Waals surface area contributed by atoms with E-state index in [2.05, 4.69) is 15.4 Å². The molecule has 0 aliphatic carbocycles. The molecule has 0 fully saturated rings. The molecular formula is C18H25F3N3O4+. The molecule has 156 valence electrons. The van der Waals surface area contributed by atoms with Gasteiger partial charge in [0, 0.05) is 0 Å². The lowest BCUT2D eigenvalue weighted by atomic mass is 10.0. The summed E-state index contributed by atoms with van der Waals surface area (Å²) in [6.45, 7) is 3.40. The summed E-state index contributed by atoms with van der Waals surface area (Å²) in [5.41, 5.74) is -0.496. The zero-order chi connectivity index (χ0) is 21.4. The number of carbonyl (C=O) groups excluding carboxylic acids is 3. The van der Waals surface area contributed by atoms with Gasteiger partial charge in [0.1, 0.15) is 6.04 Å². The number of rotatable bonds is 9. The van der Waals surface area contributed by atoms with Crippen LogP contribution in [0.2, 0.25) is 0 Å². The van der Waals surface area contributed by atoms with Crippen molar-refractivity contribution in [2.24, 2.45) is 5.92 Å². The van der Waals surface area contributed by atoms with Gasteiger partial charge < -0.3 is 20.3 Å². The highest BCUT2D eigenvalue weighted by molar-refractivity contribution is 5.91. The number of likely N-dealkylation sites (N-methyl/N-ethyl adjacent to an activating group) is 1. The Morgan fingerprint density at radius 3 is 2.25 bits per heavy atom. The van der Waals surface area contributed by atoms with Crippen LogP contribution in [0.1, 0.15) is 20.3 Å². The molecule has 3 N–H and O–H groups in total. The molecule has 2 amide bonds. The number of quaternary nitrogens is 1. The lowest BCUT2D eigenvalue weighted by Crippen LogP contribution is -3.11. The van der Waals surface area contributed by atoms with Gasteiger partial charge in [-0.2, -0.15) is 0 Å². The predicted octanol–water partition coefficient (Wildman–Crippen LogP) is 0.261. The normalized spacial score (nSPS) is 13.0. The molecule has 2 atom stereocenters. The molecule has 1 rings (SSSR count). The lowest BCUT2D eigenvalue weighted by Gasteiger charge is -2.19. The number of hydrogen-bond donors (Lipinski definition) is 3. The Hall–Kier alpha value is -2.62. The van der Waals surface area contributed by atoms with Gasteiger partial charge in [-0.05, 0) is 24.5 Å². The minimum absolute atomic E-state index is 0.140. The first-order valence-corrected chi connectivity index (χ1v) is 8.67. The fourth-order valence-corrected chi connectivity index (χ4v) is 2.50. The van der Waals surface area contributed by atoms with Gasteiger partial charge in [0.15, 0.2) is 30.5 Å². The van der Waals surface area contributed by atoms with Crippen LogP contribution in [0, 0.1) is 23.4 Å². The van der Waals surface area contributed by atoms with E-state index in [0.29, 0.717) is 17.4 Å². The maximum absolute atomic E-state index is 13.6. The van der Waals surface area contributed by atoms with E-state index in [1.807, 2.05) is 13.8 Å². The van der Waals surface area contributed by atoms with Crippen LogP contribution in [0.4, 0.5) is 18.9 Å². The largest absolute Gasteiger partial charge is 0.467 e. The van der Waals surface area contributed by atoms with Crippen LogP contribution < -0.4 is 15.5 Å². The molecule has 0 aliphatic rings. The van der Waals surface area contributed by atoms with E-state index in [1.54, 1.807) is 0 Å². The number of halogens is 3. The van der Waals surface area contributed by atoms with Gasteiger partial charge in [0.25, 0.3) is 11.8 Å². The molecule has 0 saturated heterocycles. The smallest absolute Gasteiger partial charge is 0.328 e.